The molecule has 194 valence electrons. The molecule has 1 saturated heterocycles. The van der Waals surface area contributed by atoms with Gasteiger partial charge in [0, 0.05) is 37.4 Å². The van der Waals surface area contributed by atoms with Crippen molar-refractivity contribution in [2.75, 3.05) is 24.7 Å². The van der Waals surface area contributed by atoms with E-state index < -0.39 is 5.60 Å². The zero-order chi connectivity index (χ0) is 26.6. The molecule has 37 heavy (non-hydrogen) atoms. The van der Waals surface area contributed by atoms with E-state index in [0.717, 1.165) is 47.2 Å². The lowest BCUT2D eigenvalue weighted by molar-refractivity contribution is 0.0206. The summed E-state index contributed by atoms with van der Waals surface area (Å²) in [5, 5.41) is 13.7. The third-order valence-electron chi connectivity index (χ3n) is 6.00. The summed E-state index contributed by atoms with van der Waals surface area (Å²) in [5.41, 5.74) is 3.32. The molecule has 1 N–H and O–H groups in total. The van der Waals surface area contributed by atoms with Crippen molar-refractivity contribution < 1.29 is 9.53 Å². The number of thioether (sulfide) groups is 1. The number of amides is 1. The van der Waals surface area contributed by atoms with Crippen LogP contribution < -0.4 is 5.32 Å². The minimum atomic E-state index is -0.531. The van der Waals surface area contributed by atoms with Crippen LogP contribution in [0.15, 0.2) is 41.7 Å². The number of piperidine rings is 1. The average molecular weight is 520 g/mol. The van der Waals surface area contributed by atoms with Gasteiger partial charge in [-0.05, 0) is 65.0 Å². The number of rotatable bonds is 6. The summed E-state index contributed by atoms with van der Waals surface area (Å²) < 4.78 is 7.69. The minimum absolute atomic E-state index is 0.0149. The van der Waals surface area contributed by atoms with Crippen LogP contribution in [0, 0.1) is 11.3 Å². The molecular weight excluding hydrogens is 486 g/mol. The Morgan fingerprint density at radius 2 is 2.11 bits per heavy atom. The van der Waals surface area contributed by atoms with Gasteiger partial charge in [-0.1, -0.05) is 23.9 Å². The van der Waals surface area contributed by atoms with Crippen LogP contribution in [0.2, 0.25) is 0 Å². The second-order valence-electron chi connectivity index (χ2n) is 9.91. The highest BCUT2D eigenvalue weighted by Crippen LogP contribution is 2.35. The molecule has 9 nitrogen and oxygen atoms in total. The van der Waals surface area contributed by atoms with Gasteiger partial charge in [-0.25, -0.2) is 19.7 Å². The van der Waals surface area contributed by atoms with E-state index in [9.17, 15) is 10.1 Å². The number of hydrogen-bond acceptors (Lipinski definition) is 8. The lowest BCUT2D eigenvalue weighted by atomic mass is 10.1. The normalized spacial score (nSPS) is 15.8. The fraction of sp³-hybridized carbons (Fsp3) is 0.444. The van der Waals surface area contributed by atoms with Crippen molar-refractivity contribution in [1.82, 2.24) is 24.4 Å². The Hall–Kier alpha value is -3.58. The molecule has 1 atom stereocenters. The first-order chi connectivity index (χ1) is 17.7. The number of likely N-dealkylation sites (tertiary alicyclic amines) is 1. The third-order valence-corrected chi connectivity index (χ3v) is 6.68. The number of aromatic nitrogens is 4. The van der Waals surface area contributed by atoms with Crippen molar-refractivity contribution in [1.29, 1.82) is 5.26 Å². The lowest BCUT2D eigenvalue weighted by Gasteiger charge is -2.34. The van der Waals surface area contributed by atoms with E-state index >= 15 is 0 Å². The maximum atomic E-state index is 12.6. The SMILES string of the molecule is CCn1c(SC)nc(-c2cccc(C#N)c2)c1-c1ccnc(N[C@@H]2CCCN(C(=O)OC(C)(C)C)C2)n1. The van der Waals surface area contributed by atoms with Gasteiger partial charge in [0.15, 0.2) is 5.16 Å². The number of nitriles is 1. The van der Waals surface area contributed by atoms with E-state index in [1.165, 1.54) is 0 Å². The molecule has 10 heteroatoms. The largest absolute Gasteiger partial charge is 0.444 e. The Balaban J connectivity index is 1.63. The summed E-state index contributed by atoms with van der Waals surface area (Å²) in [7, 11) is 0. The van der Waals surface area contributed by atoms with Crippen molar-refractivity contribution >= 4 is 23.8 Å². The number of imidazole rings is 1. The molecule has 0 unspecified atom stereocenters. The zero-order valence-electron chi connectivity index (χ0n) is 22.0. The topological polar surface area (TPSA) is 109 Å². The van der Waals surface area contributed by atoms with E-state index in [2.05, 4.69) is 27.9 Å². The van der Waals surface area contributed by atoms with Gasteiger partial charge in [-0.2, -0.15) is 5.26 Å². The van der Waals surface area contributed by atoms with Gasteiger partial charge >= 0.3 is 6.09 Å². The highest BCUT2D eigenvalue weighted by Gasteiger charge is 2.28. The molecule has 0 spiro atoms. The molecule has 1 fully saturated rings. The fourth-order valence-corrected chi connectivity index (χ4v) is 5.03. The molecule has 0 saturated carbocycles. The van der Waals surface area contributed by atoms with E-state index in [-0.39, 0.29) is 12.1 Å². The molecule has 1 aliphatic rings. The van der Waals surface area contributed by atoms with Gasteiger partial charge in [0.05, 0.1) is 28.7 Å². The maximum absolute atomic E-state index is 12.6. The molecule has 3 heterocycles. The Kier molecular flexibility index (Phi) is 8.03. The predicted molar refractivity (Wildman–Crippen MR) is 145 cm³/mol. The first kappa shape index (κ1) is 26.5. The van der Waals surface area contributed by atoms with E-state index in [1.54, 1.807) is 28.9 Å². The van der Waals surface area contributed by atoms with Gasteiger partial charge in [0.1, 0.15) is 5.60 Å². The van der Waals surface area contributed by atoms with Crippen LogP contribution in [0.25, 0.3) is 22.6 Å². The summed E-state index contributed by atoms with van der Waals surface area (Å²) in [5.74, 6) is 0.500. The maximum Gasteiger partial charge on any atom is 0.410 e. The number of carbonyl (C=O) groups excluding carboxylic acids is 1. The number of benzene rings is 1. The highest BCUT2D eigenvalue weighted by atomic mass is 32.2. The summed E-state index contributed by atoms with van der Waals surface area (Å²) in [6.45, 7) is 9.61. The Bertz CT molecular complexity index is 1310. The minimum Gasteiger partial charge on any atom is -0.444 e. The smallest absolute Gasteiger partial charge is 0.410 e. The number of nitrogens with zero attached hydrogens (tertiary/aromatic N) is 6. The van der Waals surface area contributed by atoms with Crippen molar-refractivity contribution in [2.45, 2.75) is 63.9 Å². The molecular formula is C27H33N7O2S. The third kappa shape index (κ3) is 6.23. The number of hydrogen-bond donors (Lipinski definition) is 1. The fourth-order valence-electron chi connectivity index (χ4n) is 4.41. The standard InChI is InChI=1S/C27H33N7O2S/c1-6-34-23(22(32-25(34)37-5)19-10-7-9-18(15-19)16-28)21-12-13-29-24(31-21)30-20-11-8-14-33(17-20)26(35)36-27(2,3)4/h7,9-10,12-13,15,20H,6,8,11,14,17H2,1-5H3,(H,29,30,31)/t20-/m1/s1. The van der Waals surface area contributed by atoms with Gasteiger partial charge in [0.2, 0.25) is 5.95 Å². The molecule has 4 rings (SSSR count). The van der Waals surface area contributed by atoms with Crippen LogP contribution in [0.1, 0.15) is 46.1 Å². The van der Waals surface area contributed by atoms with Gasteiger partial charge in [-0.15, -0.1) is 0 Å². The molecule has 0 aliphatic carbocycles. The number of ether oxygens (including phenoxy) is 1. The van der Waals surface area contributed by atoms with E-state index in [1.807, 2.05) is 51.3 Å². The van der Waals surface area contributed by atoms with Gasteiger partial charge < -0.3 is 19.5 Å². The van der Waals surface area contributed by atoms with Gasteiger partial charge in [0.25, 0.3) is 0 Å². The molecule has 0 radical (unpaired) electrons. The van der Waals surface area contributed by atoms with Crippen LogP contribution in [0.4, 0.5) is 10.7 Å². The molecule has 1 amide bonds. The van der Waals surface area contributed by atoms with Crippen molar-refractivity contribution in [3.63, 3.8) is 0 Å². The molecule has 1 aliphatic heterocycles. The van der Waals surface area contributed by atoms with Gasteiger partial charge in [-0.3, -0.25) is 0 Å². The average Bonchev–Trinajstić information content (AvgIpc) is 3.27. The summed E-state index contributed by atoms with van der Waals surface area (Å²) in [6, 6.07) is 11.6. The first-order valence-electron chi connectivity index (χ1n) is 12.4. The summed E-state index contributed by atoms with van der Waals surface area (Å²) in [6.07, 6.45) is 5.22. The first-order valence-corrected chi connectivity index (χ1v) is 13.7. The number of carbonyl (C=O) groups is 1. The van der Waals surface area contributed by atoms with Crippen LogP contribution >= 0.6 is 11.8 Å². The Labute approximate surface area is 222 Å². The molecule has 0 bridgehead atoms. The van der Waals surface area contributed by atoms with Crippen molar-refractivity contribution in [2.24, 2.45) is 0 Å². The second kappa shape index (κ2) is 11.2. The zero-order valence-corrected chi connectivity index (χ0v) is 22.8. The Morgan fingerprint density at radius 1 is 1.30 bits per heavy atom. The Morgan fingerprint density at radius 3 is 2.81 bits per heavy atom. The van der Waals surface area contributed by atoms with Crippen LogP contribution in [-0.2, 0) is 11.3 Å². The highest BCUT2D eigenvalue weighted by molar-refractivity contribution is 7.98. The van der Waals surface area contributed by atoms with Crippen LogP contribution in [0.5, 0.6) is 0 Å². The molecule has 2 aromatic heterocycles. The van der Waals surface area contributed by atoms with Crippen molar-refractivity contribution in [3.05, 3.63) is 42.1 Å². The van der Waals surface area contributed by atoms with E-state index in [0.29, 0.717) is 24.6 Å². The summed E-state index contributed by atoms with van der Waals surface area (Å²) >= 11 is 1.57. The summed E-state index contributed by atoms with van der Waals surface area (Å²) in [4.78, 5) is 28.6. The van der Waals surface area contributed by atoms with Crippen molar-refractivity contribution in [3.8, 4) is 28.7 Å². The number of anilines is 1. The molecule has 3 aromatic rings. The quantitative estimate of drug-likeness (QED) is 0.429. The predicted octanol–water partition coefficient (Wildman–Crippen LogP) is 5.43. The van der Waals surface area contributed by atoms with E-state index in [4.69, 9.17) is 14.7 Å². The second-order valence-corrected chi connectivity index (χ2v) is 10.7. The lowest BCUT2D eigenvalue weighted by Crippen LogP contribution is -2.47. The molecule has 1 aromatic carbocycles. The van der Waals surface area contributed by atoms with Crippen LogP contribution in [-0.4, -0.2) is 61.5 Å². The monoisotopic (exact) mass is 519 g/mol. The number of nitrogens with one attached hydrogen (secondary N) is 1. The van der Waals surface area contributed by atoms with Crippen LogP contribution in [0.3, 0.4) is 0 Å².